The third-order valence-electron chi connectivity index (χ3n) is 6.49. The first-order valence-electron chi connectivity index (χ1n) is 11.2. The number of halogens is 1. The number of hydrogen-bond donors (Lipinski definition) is 1. The molecule has 2 aliphatic rings. The van der Waals surface area contributed by atoms with Gasteiger partial charge in [-0.05, 0) is 24.5 Å². The summed E-state index contributed by atoms with van der Waals surface area (Å²) in [4.78, 5) is 28.0. The molecule has 32 heavy (non-hydrogen) atoms. The Morgan fingerprint density at radius 3 is 2.53 bits per heavy atom. The average Bonchev–Trinajstić information content (AvgIpc) is 3.35. The molecule has 1 N–H and O–H groups in total. The molecule has 9 heteroatoms. The van der Waals surface area contributed by atoms with Crippen molar-refractivity contribution in [1.82, 2.24) is 24.7 Å². The van der Waals surface area contributed by atoms with E-state index >= 15 is 0 Å². The monoisotopic (exact) mass is 551 g/mol. The van der Waals surface area contributed by atoms with E-state index in [1.807, 2.05) is 29.7 Å². The van der Waals surface area contributed by atoms with Gasteiger partial charge in [0.05, 0.1) is 18.9 Å². The Hall–Kier alpha value is -2.30. The first-order valence-corrected chi connectivity index (χ1v) is 11.2. The summed E-state index contributed by atoms with van der Waals surface area (Å²) in [5.41, 5.74) is 1.22. The van der Waals surface area contributed by atoms with Gasteiger partial charge in [0.2, 0.25) is 5.91 Å². The summed E-state index contributed by atoms with van der Waals surface area (Å²) >= 11 is 0. The van der Waals surface area contributed by atoms with Crippen molar-refractivity contribution in [2.75, 3.05) is 57.8 Å². The average molecular weight is 551 g/mol. The zero-order chi connectivity index (χ0) is 21.6. The fourth-order valence-electron chi connectivity index (χ4n) is 4.55. The van der Waals surface area contributed by atoms with Crippen LogP contribution in [0.2, 0.25) is 0 Å². The van der Waals surface area contributed by atoms with Gasteiger partial charge in [-0.15, -0.1) is 24.0 Å². The second kappa shape index (κ2) is 11.5. The van der Waals surface area contributed by atoms with Crippen LogP contribution >= 0.6 is 24.0 Å². The minimum Gasteiger partial charge on any atom is -0.368 e. The molecule has 1 amide bonds. The number of para-hydroxylation sites is 1. The number of amides is 1. The Balaban J connectivity index is 0.00000289. The summed E-state index contributed by atoms with van der Waals surface area (Å²) in [6.45, 7) is 7.59. The van der Waals surface area contributed by atoms with Crippen LogP contribution in [0.15, 0.2) is 54.0 Å². The molecule has 0 bridgehead atoms. The molecule has 3 heterocycles. The minimum atomic E-state index is 0. The molecule has 174 valence electrons. The molecule has 4 rings (SSSR count). The summed E-state index contributed by atoms with van der Waals surface area (Å²) in [5, 5.41) is 3.31. The van der Waals surface area contributed by atoms with Gasteiger partial charge in [0, 0.05) is 64.4 Å². The van der Waals surface area contributed by atoms with Crippen molar-refractivity contribution < 1.29 is 4.79 Å². The molecule has 2 saturated heterocycles. The molecule has 2 aliphatic heterocycles. The summed E-state index contributed by atoms with van der Waals surface area (Å²) in [6, 6.07) is 10.8. The van der Waals surface area contributed by atoms with E-state index in [-0.39, 0.29) is 36.4 Å². The highest BCUT2D eigenvalue weighted by molar-refractivity contribution is 14.0. The van der Waals surface area contributed by atoms with E-state index in [0.717, 1.165) is 51.6 Å². The highest BCUT2D eigenvalue weighted by Gasteiger charge is 2.29. The van der Waals surface area contributed by atoms with E-state index in [1.165, 1.54) is 5.69 Å². The predicted octanol–water partition coefficient (Wildman–Crippen LogP) is 2.31. The zero-order valence-corrected chi connectivity index (χ0v) is 21.3. The van der Waals surface area contributed by atoms with Crippen molar-refractivity contribution in [3.05, 3.63) is 49.1 Å². The Morgan fingerprint density at radius 2 is 1.88 bits per heavy atom. The second-order valence-corrected chi connectivity index (χ2v) is 8.39. The number of carbonyl (C=O) groups is 1. The van der Waals surface area contributed by atoms with Gasteiger partial charge >= 0.3 is 0 Å². The van der Waals surface area contributed by atoms with Gasteiger partial charge in [-0.3, -0.25) is 9.79 Å². The van der Waals surface area contributed by atoms with E-state index in [1.54, 1.807) is 7.05 Å². The van der Waals surface area contributed by atoms with E-state index in [2.05, 4.69) is 60.8 Å². The maximum absolute atomic E-state index is 12.8. The summed E-state index contributed by atoms with van der Waals surface area (Å²) in [7, 11) is 1.79. The van der Waals surface area contributed by atoms with Crippen molar-refractivity contribution in [1.29, 1.82) is 0 Å². The highest BCUT2D eigenvalue weighted by Crippen LogP contribution is 2.27. The van der Waals surface area contributed by atoms with Crippen molar-refractivity contribution >= 4 is 41.5 Å². The number of nitrogens with zero attached hydrogens (tertiary/aromatic N) is 6. The SMILES string of the molecule is CN=C(NCC(=O)N1CCN(c2ccccc2)CC1)N1CCC(C)C(n2ccnc2)C1.I. The minimum absolute atomic E-state index is 0. The Kier molecular flexibility index (Phi) is 8.77. The fourth-order valence-corrected chi connectivity index (χ4v) is 4.55. The van der Waals surface area contributed by atoms with Crippen LogP contribution in [-0.2, 0) is 4.79 Å². The van der Waals surface area contributed by atoms with Crippen LogP contribution in [0.5, 0.6) is 0 Å². The number of aliphatic imine (C=N–C) groups is 1. The summed E-state index contributed by atoms with van der Waals surface area (Å²) < 4.78 is 2.18. The number of imidazole rings is 1. The lowest BCUT2D eigenvalue weighted by Gasteiger charge is -2.39. The predicted molar refractivity (Wildman–Crippen MR) is 139 cm³/mol. The highest BCUT2D eigenvalue weighted by atomic mass is 127. The molecule has 1 aromatic carbocycles. The second-order valence-electron chi connectivity index (χ2n) is 8.39. The molecule has 8 nitrogen and oxygen atoms in total. The fraction of sp³-hybridized carbons (Fsp3) is 0.522. The number of piperidine rings is 1. The molecule has 0 saturated carbocycles. The van der Waals surface area contributed by atoms with Gasteiger partial charge < -0.3 is 24.6 Å². The maximum Gasteiger partial charge on any atom is 0.242 e. The number of aromatic nitrogens is 2. The van der Waals surface area contributed by atoms with Crippen LogP contribution < -0.4 is 10.2 Å². The first-order chi connectivity index (χ1) is 15.2. The number of carbonyl (C=O) groups excluding carboxylic acids is 1. The van der Waals surface area contributed by atoms with Crippen molar-refractivity contribution in [3.8, 4) is 0 Å². The number of anilines is 1. The number of piperazine rings is 1. The molecule has 2 unspecified atom stereocenters. The van der Waals surface area contributed by atoms with Gasteiger partial charge in [-0.1, -0.05) is 25.1 Å². The third-order valence-corrected chi connectivity index (χ3v) is 6.49. The molecule has 1 aromatic heterocycles. The lowest BCUT2D eigenvalue weighted by Crippen LogP contribution is -2.54. The van der Waals surface area contributed by atoms with Gasteiger partial charge in [-0.2, -0.15) is 0 Å². The third kappa shape index (κ3) is 5.73. The van der Waals surface area contributed by atoms with Gasteiger partial charge in [0.1, 0.15) is 0 Å². The molecule has 2 atom stereocenters. The molecule has 2 aromatic rings. The topological polar surface area (TPSA) is 69.0 Å². The summed E-state index contributed by atoms with van der Waals surface area (Å²) in [6.07, 6.45) is 6.83. The standard InChI is InChI=1S/C23H33N7O.HI/c1-19-8-10-29(17-21(19)30-11-9-25-18-30)23(24-2)26-16-22(31)28-14-12-27(13-15-28)20-6-4-3-5-7-20;/h3-7,9,11,18-19,21H,8,10,12-17H2,1-2H3,(H,24,26);1H. The zero-order valence-electron chi connectivity index (χ0n) is 18.9. The molecular weight excluding hydrogens is 517 g/mol. The summed E-state index contributed by atoms with van der Waals surface area (Å²) in [5.74, 6) is 1.50. The normalized spacial score (nSPS) is 21.8. The van der Waals surface area contributed by atoms with Crippen LogP contribution in [0, 0.1) is 5.92 Å². The number of guanidine groups is 1. The van der Waals surface area contributed by atoms with Crippen molar-refractivity contribution in [3.63, 3.8) is 0 Å². The molecule has 0 spiro atoms. The van der Waals surface area contributed by atoms with E-state index in [0.29, 0.717) is 12.0 Å². The van der Waals surface area contributed by atoms with E-state index in [9.17, 15) is 4.79 Å². The van der Waals surface area contributed by atoms with Crippen LogP contribution in [0.25, 0.3) is 0 Å². The molecule has 2 fully saturated rings. The lowest BCUT2D eigenvalue weighted by atomic mass is 9.93. The smallest absolute Gasteiger partial charge is 0.242 e. The largest absolute Gasteiger partial charge is 0.368 e. The Labute approximate surface area is 207 Å². The van der Waals surface area contributed by atoms with Gasteiger partial charge in [-0.25, -0.2) is 4.98 Å². The number of benzene rings is 1. The van der Waals surface area contributed by atoms with Crippen molar-refractivity contribution in [2.45, 2.75) is 19.4 Å². The number of likely N-dealkylation sites (tertiary alicyclic amines) is 1. The molecule has 0 radical (unpaired) electrons. The van der Waals surface area contributed by atoms with Crippen LogP contribution in [0.1, 0.15) is 19.4 Å². The first kappa shape index (κ1) is 24.3. The van der Waals surface area contributed by atoms with Gasteiger partial charge in [0.15, 0.2) is 5.96 Å². The number of rotatable bonds is 4. The van der Waals surface area contributed by atoms with Crippen molar-refractivity contribution in [2.24, 2.45) is 10.9 Å². The number of nitrogens with one attached hydrogen (secondary N) is 1. The van der Waals surface area contributed by atoms with Gasteiger partial charge in [0.25, 0.3) is 0 Å². The lowest BCUT2D eigenvalue weighted by molar-refractivity contribution is -0.130. The Bertz CT molecular complexity index is 866. The van der Waals surface area contributed by atoms with E-state index in [4.69, 9.17) is 0 Å². The van der Waals surface area contributed by atoms with E-state index < -0.39 is 0 Å². The molecular formula is C23H34IN7O. The van der Waals surface area contributed by atoms with Crippen LogP contribution in [-0.4, -0.2) is 84.1 Å². The van der Waals surface area contributed by atoms with Crippen LogP contribution in [0.3, 0.4) is 0 Å². The Morgan fingerprint density at radius 1 is 1.12 bits per heavy atom. The van der Waals surface area contributed by atoms with Crippen LogP contribution in [0.4, 0.5) is 5.69 Å². The quantitative estimate of drug-likeness (QED) is 0.359. The molecule has 0 aliphatic carbocycles. The maximum atomic E-state index is 12.8. The number of hydrogen-bond acceptors (Lipinski definition) is 4.